The average Bonchev–Trinajstić information content (AvgIpc) is 2.59. The van der Waals surface area contributed by atoms with Gasteiger partial charge in [0.2, 0.25) is 10.0 Å². The lowest BCUT2D eigenvalue weighted by Gasteiger charge is -2.25. The van der Waals surface area contributed by atoms with Gasteiger partial charge >= 0.3 is 5.97 Å². The van der Waals surface area contributed by atoms with Crippen LogP contribution in [0.1, 0.15) is 4.88 Å². The van der Waals surface area contributed by atoms with Gasteiger partial charge in [-0.1, -0.05) is 0 Å². The van der Waals surface area contributed by atoms with Crippen LogP contribution in [0.15, 0.2) is 16.3 Å². The Bertz CT molecular complexity index is 517. The number of nitrogens with two attached hydrogens (primary N) is 1. The fourth-order valence-corrected chi connectivity index (χ4v) is 3.02. The minimum Gasteiger partial charge on any atom is -0.457 e. The van der Waals surface area contributed by atoms with Crippen molar-refractivity contribution in [2.45, 2.75) is 16.7 Å². The van der Waals surface area contributed by atoms with Crippen LogP contribution in [0.3, 0.4) is 0 Å². The monoisotopic (exact) mass is 277 g/mol. The average molecular weight is 277 g/mol. The highest BCUT2D eigenvalue weighted by molar-refractivity contribution is 7.91. The predicted octanol–water partition coefficient (Wildman–Crippen LogP) is -0.120. The van der Waals surface area contributed by atoms with Crippen LogP contribution >= 0.6 is 11.3 Å². The maximum absolute atomic E-state index is 11.4. The molecule has 0 unspecified atom stereocenters. The van der Waals surface area contributed by atoms with Crippen LogP contribution in [0.4, 0.5) is 0 Å². The van der Waals surface area contributed by atoms with Gasteiger partial charge in [0.25, 0.3) is 0 Å². The maximum atomic E-state index is 11.4. The maximum Gasteiger partial charge on any atom is 0.311 e. The molecule has 1 aromatic rings. The zero-order valence-electron chi connectivity index (χ0n) is 8.79. The fourth-order valence-electron chi connectivity index (χ4n) is 1.26. The number of primary sulfonamides is 1. The van der Waals surface area contributed by atoms with E-state index < -0.39 is 10.0 Å². The molecule has 2 heterocycles. The summed E-state index contributed by atoms with van der Waals surface area (Å²) < 4.78 is 32.0. The Balaban J connectivity index is 1.94. The summed E-state index contributed by atoms with van der Waals surface area (Å²) in [6, 6.07) is 2.94. The zero-order valence-corrected chi connectivity index (χ0v) is 10.4. The molecule has 0 spiro atoms. The van der Waals surface area contributed by atoms with E-state index in [1.807, 2.05) is 0 Å². The first-order valence-electron chi connectivity index (χ1n) is 4.84. The van der Waals surface area contributed by atoms with Crippen molar-refractivity contribution in [2.24, 2.45) is 5.14 Å². The number of hydrogen-bond donors (Lipinski definition) is 1. The quantitative estimate of drug-likeness (QED) is 0.774. The van der Waals surface area contributed by atoms with Crippen LogP contribution in [-0.2, 0) is 30.7 Å². The lowest BCUT2D eigenvalue weighted by Crippen LogP contribution is -2.38. The number of rotatable bonds is 4. The number of carbonyl (C=O) groups excluding carboxylic acids is 1. The number of carbonyl (C=O) groups is 1. The van der Waals surface area contributed by atoms with Crippen molar-refractivity contribution in [2.75, 3.05) is 13.2 Å². The van der Waals surface area contributed by atoms with Crippen molar-refractivity contribution >= 4 is 27.3 Å². The van der Waals surface area contributed by atoms with Crippen molar-refractivity contribution in [3.05, 3.63) is 17.0 Å². The molecule has 0 amide bonds. The van der Waals surface area contributed by atoms with Crippen molar-refractivity contribution in [1.29, 1.82) is 0 Å². The molecule has 6 nitrogen and oxygen atoms in total. The van der Waals surface area contributed by atoms with E-state index in [-0.39, 0.29) is 22.7 Å². The summed E-state index contributed by atoms with van der Waals surface area (Å²) in [4.78, 5) is 12.0. The van der Waals surface area contributed by atoms with Gasteiger partial charge in [0.1, 0.15) is 10.3 Å². The lowest BCUT2D eigenvalue weighted by atomic mass is 10.3. The van der Waals surface area contributed by atoms with Crippen LogP contribution in [0.25, 0.3) is 0 Å². The van der Waals surface area contributed by atoms with Gasteiger partial charge in [-0.15, -0.1) is 11.3 Å². The highest BCUT2D eigenvalue weighted by atomic mass is 32.2. The van der Waals surface area contributed by atoms with E-state index in [0.29, 0.717) is 18.1 Å². The molecule has 2 N–H and O–H groups in total. The van der Waals surface area contributed by atoms with Crippen LogP contribution in [-0.4, -0.2) is 33.7 Å². The van der Waals surface area contributed by atoms with E-state index in [4.69, 9.17) is 14.6 Å². The molecule has 0 bridgehead atoms. The van der Waals surface area contributed by atoms with E-state index in [0.717, 1.165) is 11.3 Å². The van der Waals surface area contributed by atoms with E-state index in [2.05, 4.69) is 0 Å². The molecule has 0 aliphatic carbocycles. The largest absolute Gasteiger partial charge is 0.457 e. The molecule has 94 valence electrons. The summed E-state index contributed by atoms with van der Waals surface area (Å²) in [5, 5.41) is 4.96. The third-order valence-electron chi connectivity index (χ3n) is 2.14. The van der Waals surface area contributed by atoms with E-state index in [1.165, 1.54) is 6.07 Å². The Labute approximate surface area is 102 Å². The molecule has 2 rings (SSSR count). The minimum atomic E-state index is -3.69. The summed E-state index contributed by atoms with van der Waals surface area (Å²) >= 11 is 0.976. The summed E-state index contributed by atoms with van der Waals surface area (Å²) in [5.74, 6) is -0.388. The molecule has 1 saturated heterocycles. The molecule has 0 atom stereocenters. The third-order valence-corrected chi connectivity index (χ3v) is 4.67. The van der Waals surface area contributed by atoms with Crippen LogP contribution in [0.5, 0.6) is 0 Å². The Kier molecular flexibility index (Phi) is 3.48. The Morgan fingerprint density at radius 2 is 2.24 bits per heavy atom. The molecule has 1 aliphatic rings. The molecule has 0 radical (unpaired) electrons. The molecule has 1 aliphatic heterocycles. The van der Waals surface area contributed by atoms with Gasteiger partial charge in [0.15, 0.2) is 0 Å². The van der Waals surface area contributed by atoms with Crippen molar-refractivity contribution < 1.29 is 22.7 Å². The zero-order chi connectivity index (χ0) is 12.5. The smallest absolute Gasteiger partial charge is 0.311 e. The second kappa shape index (κ2) is 4.73. The number of hydrogen-bond acceptors (Lipinski definition) is 6. The fraction of sp³-hybridized carbons (Fsp3) is 0.444. The normalized spacial score (nSPS) is 16.5. The highest BCUT2D eigenvalue weighted by Crippen LogP contribution is 2.21. The molecular formula is C9H11NO5S2. The molecule has 8 heteroatoms. The standard InChI is InChI=1S/C9H11NO5S2/c10-17(12,13)9-2-1-7(16-9)3-8(11)15-6-4-14-5-6/h1-2,6H,3-5H2,(H2,10,12,13). The van der Waals surface area contributed by atoms with E-state index >= 15 is 0 Å². The Morgan fingerprint density at radius 3 is 2.71 bits per heavy atom. The van der Waals surface area contributed by atoms with Gasteiger partial charge in [0, 0.05) is 4.88 Å². The first-order chi connectivity index (χ1) is 7.95. The van der Waals surface area contributed by atoms with Gasteiger partial charge < -0.3 is 9.47 Å². The topological polar surface area (TPSA) is 95.7 Å². The second-order valence-electron chi connectivity index (χ2n) is 3.59. The second-order valence-corrected chi connectivity index (χ2v) is 6.55. The van der Waals surface area contributed by atoms with Gasteiger partial charge in [-0.3, -0.25) is 4.79 Å². The first kappa shape index (κ1) is 12.5. The Hall–Kier alpha value is -0.960. The third kappa shape index (κ3) is 3.25. The minimum absolute atomic E-state index is 0.0484. The van der Waals surface area contributed by atoms with Gasteiger partial charge in [-0.2, -0.15) is 0 Å². The molecule has 17 heavy (non-hydrogen) atoms. The van der Waals surface area contributed by atoms with Crippen LogP contribution < -0.4 is 5.14 Å². The van der Waals surface area contributed by atoms with Gasteiger partial charge in [-0.25, -0.2) is 13.6 Å². The first-order valence-corrected chi connectivity index (χ1v) is 7.20. The van der Waals surface area contributed by atoms with E-state index in [1.54, 1.807) is 6.07 Å². The van der Waals surface area contributed by atoms with Crippen LogP contribution in [0.2, 0.25) is 0 Å². The lowest BCUT2D eigenvalue weighted by molar-refractivity contribution is -0.171. The number of thiophene rings is 1. The number of sulfonamides is 1. The van der Waals surface area contributed by atoms with Crippen molar-refractivity contribution in [1.82, 2.24) is 0 Å². The van der Waals surface area contributed by atoms with Crippen molar-refractivity contribution in [3.8, 4) is 0 Å². The Morgan fingerprint density at radius 1 is 1.53 bits per heavy atom. The number of esters is 1. The summed E-state index contributed by atoms with van der Waals surface area (Å²) in [5.41, 5.74) is 0. The van der Waals surface area contributed by atoms with E-state index in [9.17, 15) is 13.2 Å². The van der Waals surface area contributed by atoms with Gasteiger partial charge in [0.05, 0.1) is 19.6 Å². The summed E-state index contributed by atoms with van der Waals surface area (Å²) in [7, 11) is -3.69. The number of ether oxygens (including phenoxy) is 2. The molecule has 1 aromatic heterocycles. The summed E-state index contributed by atoms with van der Waals surface area (Å²) in [6.07, 6.45) is -0.114. The summed E-state index contributed by atoms with van der Waals surface area (Å²) in [6.45, 7) is 0.858. The molecule has 1 fully saturated rings. The van der Waals surface area contributed by atoms with Gasteiger partial charge in [-0.05, 0) is 12.1 Å². The molecular weight excluding hydrogens is 266 g/mol. The van der Waals surface area contributed by atoms with Crippen molar-refractivity contribution in [3.63, 3.8) is 0 Å². The predicted molar refractivity (Wildman–Crippen MR) is 60.1 cm³/mol. The SMILES string of the molecule is NS(=O)(=O)c1ccc(CC(=O)OC2COC2)s1. The highest BCUT2D eigenvalue weighted by Gasteiger charge is 2.23. The molecule has 0 saturated carbocycles. The van der Waals surface area contributed by atoms with Crippen LogP contribution in [0, 0.1) is 0 Å². The molecule has 0 aromatic carbocycles.